The van der Waals surface area contributed by atoms with Gasteiger partial charge in [-0.15, -0.1) is 0 Å². The van der Waals surface area contributed by atoms with Crippen LogP contribution in [0.2, 0.25) is 0 Å². The largest absolute Gasteiger partial charge is 0.384 e. The summed E-state index contributed by atoms with van der Waals surface area (Å²) >= 11 is 3.44. The van der Waals surface area contributed by atoms with Gasteiger partial charge in [-0.3, -0.25) is 0 Å². The Morgan fingerprint density at radius 2 is 2.17 bits per heavy atom. The zero-order valence-electron chi connectivity index (χ0n) is 7.34. The van der Waals surface area contributed by atoms with Crippen molar-refractivity contribution in [3.8, 4) is 0 Å². The van der Waals surface area contributed by atoms with Gasteiger partial charge >= 0.3 is 0 Å². The van der Waals surface area contributed by atoms with Crippen LogP contribution in [-0.4, -0.2) is 4.98 Å². The molecule has 0 atom stereocenters. The van der Waals surface area contributed by atoms with Crippen molar-refractivity contribution in [3.05, 3.63) is 22.3 Å². The highest BCUT2D eigenvalue weighted by Crippen LogP contribution is 2.18. The van der Waals surface area contributed by atoms with E-state index in [9.17, 15) is 0 Å². The molecule has 1 heterocycles. The van der Waals surface area contributed by atoms with Crippen LogP contribution in [0.25, 0.3) is 0 Å². The number of aromatic nitrogens is 1. The first-order chi connectivity index (χ1) is 5.59. The summed E-state index contributed by atoms with van der Waals surface area (Å²) in [7, 11) is 0. The number of hydrogen-bond acceptors (Lipinski definition) is 2. The first-order valence-electron chi connectivity index (χ1n) is 4.00. The first-order valence-corrected chi connectivity index (χ1v) is 4.80. The Labute approximate surface area is 81.3 Å². The van der Waals surface area contributed by atoms with Crippen LogP contribution < -0.4 is 5.73 Å². The van der Waals surface area contributed by atoms with Gasteiger partial charge in [0.15, 0.2) is 0 Å². The highest BCUT2D eigenvalue weighted by atomic mass is 79.9. The van der Waals surface area contributed by atoms with Gasteiger partial charge in [-0.1, -0.05) is 13.8 Å². The molecule has 0 aliphatic carbocycles. The highest BCUT2D eigenvalue weighted by molar-refractivity contribution is 9.10. The van der Waals surface area contributed by atoms with Crippen molar-refractivity contribution >= 4 is 21.7 Å². The molecule has 2 N–H and O–H groups in total. The molecule has 0 bridgehead atoms. The summed E-state index contributed by atoms with van der Waals surface area (Å²) in [5, 5.41) is 0. The van der Waals surface area contributed by atoms with Crippen LogP contribution in [0.1, 0.15) is 19.5 Å². The second kappa shape index (κ2) is 3.90. The van der Waals surface area contributed by atoms with Gasteiger partial charge in [0.05, 0.1) is 5.69 Å². The third kappa shape index (κ3) is 2.48. The van der Waals surface area contributed by atoms with Crippen LogP contribution >= 0.6 is 15.9 Å². The molecule has 0 saturated carbocycles. The van der Waals surface area contributed by atoms with Crippen molar-refractivity contribution in [3.63, 3.8) is 0 Å². The third-order valence-corrected chi connectivity index (χ3v) is 2.26. The number of halogens is 1. The molecule has 1 rings (SSSR count). The van der Waals surface area contributed by atoms with Crippen molar-refractivity contribution in [2.45, 2.75) is 20.3 Å². The van der Waals surface area contributed by atoms with Crippen LogP contribution in [0, 0.1) is 5.92 Å². The van der Waals surface area contributed by atoms with Crippen molar-refractivity contribution in [1.82, 2.24) is 4.98 Å². The fourth-order valence-electron chi connectivity index (χ4n) is 1.03. The van der Waals surface area contributed by atoms with Crippen molar-refractivity contribution in [1.29, 1.82) is 0 Å². The Bertz CT molecular complexity index is 271. The molecule has 0 fully saturated rings. The zero-order valence-corrected chi connectivity index (χ0v) is 8.93. The van der Waals surface area contributed by atoms with E-state index >= 15 is 0 Å². The molecular weight excluding hydrogens is 216 g/mol. The van der Waals surface area contributed by atoms with Gasteiger partial charge in [-0.05, 0) is 40.4 Å². The molecule has 0 aliphatic rings. The third-order valence-electron chi connectivity index (χ3n) is 1.54. The molecule has 0 amide bonds. The van der Waals surface area contributed by atoms with Gasteiger partial charge < -0.3 is 5.73 Å². The molecular formula is C9H13BrN2. The minimum atomic E-state index is 0.592. The molecule has 3 heteroatoms. The van der Waals surface area contributed by atoms with E-state index in [0.29, 0.717) is 11.7 Å². The van der Waals surface area contributed by atoms with Crippen LogP contribution in [0.15, 0.2) is 16.6 Å². The lowest BCUT2D eigenvalue weighted by atomic mass is 10.1. The predicted octanol–water partition coefficient (Wildman–Crippen LogP) is 2.62. The predicted molar refractivity (Wildman–Crippen MR) is 54.9 cm³/mol. The zero-order chi connectivity index (χ0) is 9.14. The monoisotopic (exact) mass is 228 g/mol. The Morgan fingerprint density at radius 3 is 2.75 bits per heavy atom. The smallest absolute Gasteiger partial charge is 0.123 e. The van der Waals surface area contributed by atoms with Gasteiger partial charge in [0.2, 0.25) is 0 Å². The van der Waals surface area contributed by atoms with Gasteiger partial charge in [-0.2, -0.15) is 0 Å². The first kappa shape index (κ1) is 9.52. The summed E-state index contributed by atoms with van der Waals surface area (Å²) in [6.07, 6.45) is 0.964. The van der Waals surface area contributed by atoms with Gasteiger partial charge in [0.25, 0.3) is 0 Å². The number of anilines is 1. The summed E-state index contributed by atoms with van der Waals surface area (Å²) in [5.74, 6) is 1.20. The average Bonchev–Trinajstić information content (AvgIpc) is 1.96. The minimum absolute atomic E-state index is 0.592. The maximum atomic E-state index is 5.57. The lowest BCUT2D eigenvalue weighted by molar-refractivity contribution is 0.634. The minimum Gasteiger partial charge on any atom is -0.384 e. The van der Waals surface area contributed by atoms with E-state index in [1.165, 1.54) is 0 Å². The van der Waals surface area contributed by atoms with Crippen LogP contribution in [0.5, 0.6) is 0 Å². The van der Waals surface area contributed by atoms with Gasteiger partial charge in [-0.25, -0.2) is 4.98 Å². The highest BCUT2D eigenvalue weighted by Gasteiger charge is 2.04. The van der Waals surface area contributed by atoms with Crippen molar-refractivity contribution in [2.75, 3.05) is 5.73 Å². The van der Waals surface area contributed by atoms with E-state index in [-0.39, 0.29) is 0 Å². The second-order valence-corrected chi connectivity index (χ2v) is 4.12. The van der Waals surface area contributed by atoms with Crippen molar-refractivity contribution < 1.29 is 0 Å². The molecule has 0 saturated heterocycles. The normalized spacial score (nSPS) is 10.7. The second-order valence-electron chi connectivity index (χ2n) is 3.26. The standard InChI is InChI=1S/C9H13BrN2/c1-6(2)5-8-7(10)3-4-9(11)12-8/h3-4,6H,5H2,1-2H3,(H2,11,12). The Balaban J connectivity index is 2.90. The summed E-state index contributed by atoms with van der Waals surface area (Å²) in [6, 6.07) is 3.74. The molecule has 0 radical (unpaired) electrons. The van der Waals surface area contributed by atoms with Crippen molar-refractivity contribution in [2.24, 2.45) is 5.92 Å². The van der Waals surface area contributed by atoms with Crippen LogP contribution in [0.3, 0.4) is 0 Å². The SMILES string of the molecule is CC(C)Cc1nc(N)ccc1Br. The molecule has 0 aliphatic heterocycles. The molecule has 0 spiro atoms. The van der Waals surface area contributed by atoms with Gasteiger partial charge in [0, 0.05) is 4.47 Å². The molecule has 0 aromatic carbocycles. The number of nitrogens with zero attached hydrogens (tertiary/aromatic N) is 1. The van der Waals surface area contributed by atoms with Gasteiger partial charge in [0.1, 0.15) is 5.82 Å². The summed E-state index contributed by atoms with van der Waals surface area (Å²) in [5.41, 5.74) is 6.62. The number of rotatable bonds is 2. The maximum absolute atomic E-state index is 5.57. The average molecular weight is 229 g/mol. The van der Waals surface area contributed by atoms with E-state index in [1.54, 1.807) is 6.07 Å². The van der Waals surface area contributed by atoms with Crippen LogP contribution in [-0.2, 0) is 6.42 Å². The van der Waals surface area contributed by atoms with Crippen LogP contribution in [0.4, 0.5) is 5.82 Å². The number of nitrogen functional groups attached to an aromatic ring is 1. The molecule has 2 nitrogen and oxygen atoms in total. The van der Waals surface area contributed by atoms with E-state index in [2.05, 4.69) is 34.8 Å². The Kier molecular flexibility index (Phi) is 3.09. The van der Waals surface area contributed by atoms with E-state index < -0.39 is 0 Å². The number of nitrogens with two attached hydrogens (primary N) is 1. The molecule has 1 aromatic rings. The Hall–Kier alpha value is -0.570. The lowest BCUT2D eigenvalue weighted by Crippen LogP contribution is -2.01. The summed E-state index contributed by atoms with van der Waals surface area (Å²) < 4.78 is 1.05. The number of hydrogen-bond donors (Lipinski definition) is 1. The fourth-order valence-corrected chi connectivity index (χ4v) is 1.41. The molecule has 12 heavy (non-hydrogen) atoms. The van der Waals surface area contributed by atoms with E-state index in [0.717, 1.165) is 16.6 Å². The summed E-state index contributed by atoms with van der Waals surface area (Å²) in [4.78, 5) is 4.24. The molecule has 66 valence electrons. The topological polar surface area (TPSA) is 38.9 Å². The maximum Gasteiger partial charge on any atom is 0.123 e. The summed E-state index contributed by atoms with van der Waals surface area (Å²) in [6.45, 7) is 4.33. The number of pyridine rings is 1. The lowest BCUT2D eigenvalue weighted by Gasteiger charge is -2.06. The molecule has 1 aromatic heterocycles. The van der Waals surface area contributed by atoms with E-state index in [1.807, 2.05) is 6.07 Å². The quantitative estimate of drug-likeness (QED) is 0.846. The fraction of sp³-hybridized carbons (Fsp3) is 0.444. The Morgan fingerprint density at radius 1 is 1.50 bits per heavy atom. The van der Waals surface area contributed by atoms with E-state index in [4.69, 9.17) is 5.73 Å². The molecule has 0 unspecified atom stereocenters.